The zero-order valence-corrected chi connectivity index (χ0v) is 12.6. The van der Waals surface area contributed by atoms with E-state index >= 15 is 0 Å². The van der Waals surface area contributed by atoms with Crippen LogP contribution in [-0.2, 0) is 0 Å². The van der Waals surface area contributed by atoms with Crippen LogP contribution in [-0.4, -0.2) is 19.5 Å². The third-order valence-electron chi connectivity index (χ3n) is 2.09. The van der Waals surface area contributed by atoms with Crippen LogP contribution in [0.2, 0.25) is 0 Å². The van der Waals surface area contributed by atoms with Crippen molar-refractivity contribution in [3.63, 3.8) is 0 Å². The lowest BCUT2D eigenvalue weighted by atomic mass is 10.0. The van der Waals surface area contributed by atoms with Crippen molar-refractivity contribution in [3.05, 3.63) is 47.7 Å². The van der Waals surface area contributed by atoms with Crippen LogP contribution < -0.4 is 0 Å². The van der Waals surface area contributed by atoms with Gasteiger partial charge < -0.3 is 0 Å². The molecule has 2 heteroatoms. The van der Waals surface area contributed by atoms with E-state index in [4.69, 9.17) is 0 Å². The molecule has 0 amide bonds. The molecule has 0 bridgehead atoms. The Labute approximate surface area is 112 Å². The van der Waals surface area contributed by atoms with E-state index in [1.54, 1.807) is 25.6 Å². The van der Waals surface area contributed by atoms with Crippen LogP contribution in [0.25, 0.3) is 0 Å². The average Bonchev–Trinajstić information content (AvgIpc) is 2.37. The van der Waals surface area contributed by atoms with Crippen molar-refractivity contribution in [1.29, 1.82) is 0 Å². The van der Waals surface area contributed by atoms with Crippen LogP contribution in [0.3, 0.4) is 0 Å². The van der Waals surface area contributed by atoms with Crippen LogP contribution >= 0.6 is 0 Å². The van der Waals surface area contributed by atoms with Crippen LogP contribution in [0.15, 0.2) is 57.7 Å². The van der Waals surface area contributed by atoms with Gasteiger partial charge in [0.05, 0.1) is 5.70 Å². The molecular formula is C16H26N2. The molecule has 0 fully saturated rings. The second-order valence-corrected chi connectivity index (χ2v) is 3.39. The summed E-state index contributed by atoms with van der Waals surface area (Å²) in [6, 6.07) is 0. The Kier molecular flexibility index (Phi) is 12.2. The Morgan fingerprint density at radius 1 is 1.17 bits per heavy atom. The molecule has 0 aromatic rings. The fourth-order valence-electron chi connectivity index (χ4n) is 1.17. The number of nitrogens with zero attached hydrogens (tertiary/aromatic N) is 2. The van der Waals surface area contributed by atoms with Gasteiger partial charge in [-0.1, -0.05) is 44.7 Å². The lowest BCUT2D eigenvalue weighted by Crippen LogP contribution is -1.95. The third-order valence-corrected chi connectivity index (χ3v) is 2.09. The van der Waals surface area contributed by atoms with E-state index in [0.717, 1.165) is 22.4 Å². The topological polar surface area (TPSA) is 24.7 Å². The molecule has 100 valence electrons. The van der Waals surface area contributed by atoms with E-state index in [-0.39, 0.29) is 0 Å². The quantitative estimate of drug-likeness (QED) is 0.493. The van der Waals surface area contributed by atoms with E-state index in [1.165, 1.54) is 0 Å². The fourth-order valence-corrected chi connectivity index (χ4v) is 1.17. The van der Waals surface area contributed by atoms with Crippen LogP contribution in [0.5, 0.6) is 0 Å². The monoisotopic (exact) mass is 246 g/mol. The molecule has 0 rings (SSSR count). The Morgan fingerprint density at radius 3 is 2.06 bits per heavy atom. The Balaban J connectivity index is 0. The molecule has 0 aliphatic heterocycles. The van der Waals surface area contributed by atoms with E-state index in [9.17, 15) is 0 Å². The van der Waals surface area contributed by atoms with Crippen molar-refractivity contribution in [2.45, 2.75) is 34.6 Å². The van der Waals surface area contributed by atoms with E-state index in [2.05, 4.69) is 23.1 Å². The molecule has 2 nitrogen and oxygen atoms in total. The molecule has 0 aromatic carbocycles. The highest BCUT2D eigenvalue weighted by Gasteiger charge is 2.05. The van der Waals surface area contributed by atoms with E-state index in [1.807, 2.05) is 40.7 Å². The van der Waals surface area contributed by atoms with Crippen molar-refractivity contribution in [1.82, 2.24) is 0 Å². The minimum atomic E-state index is 0.889. The van der Waals surface area contributed by atoms with Gasteiger partial charge in [-0.05, 0) is 26.3 Å². The van der Waals surface area contributed by atoms with Crippen molar-refractivity contribution in [3.8, 4) is 0 Å². The summed E-state index contributed by atoms with van der Waals surface area (Å²) < 4.78 is 0. The maximum Gasteiger partial charge on any atom is 0.0744 e. The zero-order valence-electron chi connectivity index (χ0n) is 12.6. The minimum Gasteiger partial charge on any atom is -0.296 e. The maximum atomic E-state index is 4.37. The summed E-state index contributed by atoms with van der Waals surface area (Å²) in [5, 5.41) is 0. The number of rotatable bonds is 5. The minimum absolute atomic E-state index is 0.889. The summed E-state index contributed by atoms with van der Waals surface area (Å²) >= 11 is 0. The summed E-state index contributed by atoms with van der Waals surface area (Å²) in [6.07, 6.45) is 7.16. The van der Waals surface area contributed by atoms with Gasteiger partial charge in [0.15, 0.2) is 0 Å². The first kappa shape index (κ1) is 18.7. The lowest BCUT2D eigenvalue weighted by Gasteiger charge is -2.08. The fraction of sp³-hybridized carbons (Fsp3) is 0.375. The SMILES string of the molecule is C=C/C=C(C=NC)/C(N=CC)=C(\C)C(=C)C.CC. The molecule has 0 radical (unpaired) electrons. The first-order valence-electron chi connectivity index (χ1n) is 6.19. The molecule has 18 heavy (non-hydrogen) atoms. The zero-order chi connectivity index (χ0) is 14.6. The third kappa shape index (κ3) is 6.79. The van der Waals surface area contributed by atoms with Gasteiger partial charge in [0.1, 0.15) is 0 Å². The van der Waals surface area contributed by atoms with Gasteiger partial charge in [-0.25, -0.2) is 0 Å². The van der Waals surface area contributed by atoms with Crippen molar-refractivity contribution in [2.24, 2.45) is 9.98 Å². The van der Waals surface area contributed by atoms with Crippen LogP contribution in [0.1, 0.15) is 34.6 Å². The highest BCUT2D eigenvalue weighted by atomic mass is 14.7. The van der Waals surface area contributed by atoms with E-state index < -0.39 is 0 Å². The molecular weight excluding hydrogens is 220 g/mol. The molecule has 0 atom stereocenters. The molecule has 0 N–H and O–H groups in total. The molecule has 0 unspecified atom stereocenters. The number of hydrogen-bond acceptors (Lipinski definition) is 2. The van der Waals surface area contributed by atoms with Crippen LogP contribution in [0, 0.1) is 0 Å². The number of aliphatic imine (C=N–C) groups is 2. The average molecular weight is 246 g/mol. The van der Waals surface area contributed by atoms with Gasteiger partial charge >= 0.3 is 0 Å². The van der Waals surface area contributed by atoms with Gasteiger partial charge in [-0.2, -0.15) is 0 Å². The first-order valence-corrected chi connectivity index (χ1v) is 6.19. The Bertz CT molecular complexity index is 380. The molecule has 0 saturated carbocycles. The molecule has 0 aliphatic carbocycles. The summed E-state index contributed by atoms with van der Waals surface area (Å²) in [4.78, 5) is 8.39. The smallest absolute Gasteiger partial charge is 0.0744 e. The normalized spacial score (nSPS) is 13.1. The highest BCUT2D eigenvalue weighted by Crippen LogP contribution is 2.20. The first-order chi connectivity index (χ1) is 8.58. The lowest BCUT2D eigenvalue weighted by molar-refractivity contribution is 1.23. The molecule has 0 spiro atoms. The molecule has 0 aromatic heterocycles. The summed E-state index contributed by atoms with van der Waals surface area (Å²) in [7, 11) is 1.74. The summed E-state index contributed by atoms with van der Waals surface area (Å²) in [6.45, 7) is 17.5. The molecule has 0 heterocycles. The summed E-state index contributed by atoms with van der Waals surface area (Å²) in [5.41, 5.74) is 3.89. The highest BCUT2D eigenvalue weighted by molar-refractivity contribution is 5.86. The largest absolute Gasteiger partial charge is 0.296 e. The van der Waals surface area contributed by atoms with Crippen molar-refractivity contribution >= 4 is 12.4 Å². The second kappa shape index (κ2) is 11.8. The van der Waals surface area contributed by atoms with Gasteiger partial charge in [-0.15, -0.1) is 0 Å². The Morgan fingerprint density at radius 2 is 1.72 bits per heavy atom. The number of hydrogen-bond donors (Lipinski definition) is 0. The van der Waals surface area contributed by atoms with Crippen LogP contribution in [0.4, 0.5) is 0 Å². The predicted molar refractivity (Wildman–Crippen MR) is 85.7 cm³/mol. The second-order valence-electron chi connectivity index (χ2n) is 3.39. The molecule has 0 aliphatic rings. The van der Waals surface area contributed by atoms with Gasteiger partial charge in [0.2, 0.25) is 0 Å². The number of allylic oxidation sites excluding steroid dienone is 5. The van der Waals surface area contributed by atoms with Gasteiger partial charge in [-0.3, -0.25) is 9.98 Å². The Hall–Kier alpha value is -1.70. The standard InChI is InChI=1S/C14H20N2.C2H6/c1-7-9-13(10-15-6)14(16-8-2)12(5)11(3)4;1-2/h7-10H,1,3H2,2,4-6H3;1-2H3/b13-9+,14-12-,15-10?,16-8?;. The van der Waals surface area contributed by atoms with Gasteiger partial charge in [0, 0.05) is 25.0 Å². The van der Waals surface area contributed by atoms with E-state index in [0.29, 0.717) is 0 Å². The summed E-state index contributed by atoms with van der Waals surface area (Å²) in [5.74, 6) is 0. The predicted octanol–water partition coefficient (Wildman–Crippen LogP) is 4.77. The maximum absolute atomic E-state index is 4.37. The van der Waals surface area contributed by atoms with Crippen molar-refractivity contribution in [2.75, 3.05) is 7.05 Å². The molecule has 0 saturated heterocycles. The van der Waals surface area contributed by atoms with Gasteiger partial charge in [0.25, 0.3) is 0 Å². The van der Waals surface area contributed by atoms with Crippen molar-refractivity contribution < 1.29 is 0 Å².